The maximum atomic E-state index is 13.6. The molecule has 1 amide bonds. The van der Waals surface area contributed by atoms with Gasteiger partial charge in [-0.2, -0.15) is 0 Å². The average molecular weight is 352 g/mol. The summed E-state index contributed by atoms with van der Waals surface area (Å²) in [5, 5.41) is 12.6. The molecule has 0 saturated heterocycles. The molecular weight excluding hydrogens is 333 g/mol. The molecule has 0 aliphatic heterocycles. The Balaban J connectivity index is 1.77. The second-order valence-electron chi connectivity index (χ2n) is 5.46. The first-order chi connectivity index (χ1) is 11.5. The number of aliphatic hydroxyl groups excluding tert-OH is 1. The minimum atomic E-state index is -0.870. The fourth-order valence-corrected chi connectivity index (χ4v) is 2.34. The third-order valence-corrected chi connectivity index (χ3v) is 3.72. The molecule has 0 saturated carbocycles. The molecule has 0 spiro atoms. The molecule has 0 fully saturated rings. The number of ether oxygens (including phenoxy) is 1. The van der Waals surface area contributed by atoms with E-state index in [-0.39, 0.29) is 30.2 Å². The molecule has 2 N–H and O–H groups in total. The molecule has 0 heterocycles. The summed E-state index contributed by atoms with van der Waals surface area (Å²) < 4.78 is 19.1. The van der Waals surface area contributed by atoms with E-state index in [0.29, 0.717) is 5.75 Å². The summed E-state index contributed by atoms with van der Waals surface area (Å²) in [7, 11) is 0. The minimum absolute atomic E-state index is 0.0106. The highest BCUT2D eigenvalue weighted by atomic mass is 35.5. The Hall–Kier alpha value is -2.11. The van der Waals surface area contributed by atoms with E-state index < -0.39 is 17.8 Å². The Morgan fingerprint density at radius 1 is 1.33 bits per heavy atom. The largest absolute Gasteiger partial charge is 0.491 e. The second-order valence-corrected chi connectivity index (χ2v) is 5.87. The first-order valence-corrected chi connectivity index (χ1v) is 7.90. The Morgan fingerprint density at radius 3 is 2.79 bits per heavy atom. The molecule has 1 unspecified atom stereocenters. The van der Waals surface area contributed by atoms with Crippen molar-refractivity contribution >= 4 is 17.5 Å². The smallest absolute Gasteiger partial charge is 0.224 e. The summed E-state index contributed by atoms with van der Waals surface area (Å²) in [5.41, 5.74) is 1.19. The lowest BCUT2D eigenvalue weighted by Gasteiger charge is -2.14. The lowest BCUT2D eigenvalue weighted by molar-refractivity contribution is -0.121. The lowest BCUT2D eigenvalue weighted by Crippen LogP contribution is -2.36. The highest BCUT2D eigenvalue weighted by Crippen LogP contribution is 2.19. The molecule has 0 aliphatic rings. The van der Waals surface area contributed by atoms with Gasteiger partial charge in [-0.1, -0.05) is 29.8 Å². The first kappa shape index (κ1) is 18.2. The number of carbonyl (C=O) groups excluding carboxylic acids is 1. The van der Waals surface area contributed by atoms with E-state index in [1.807, 2.05) is 25.1 Å². The van der Waals surface area contributed by atoms with Crippen LogP contribution in [0.25, 0.3) is 0 Å². The van der Waals surface area contributed by atoms with Crippen LogP contribution in [0.1, 0.15) is 11.1 Å². The van der Waals surface area contributed by atoms with E-state index >= 15 is 0 Å². The zero-order valence-electron chi connectivity index (χ0n) is 13.3. The van der Waals surface area contributed by atoms with Crippen LogP contribution in [0.5, 0.6) is 5.75 Å². The van der Waals surface area contributed by atoms with Crippen LogP contribution in [0.15, 0.2) is 42.5 Å². The van der Waals surface area contributed by atoms with Crippen LogP contribution in [0.2, 0.25) is 5.02 Å². The van der Waals surface area contributed by atoms with Gasteiger partial charge in [0.2, 0.25) is 5.91 Å². The molecule has 0 radical (unpaired) electrons. The first-order valence-electron chi connectivity index (χ1n) is 7.53. The number of hydrogen-bond acceptors (Lipinski definition) is 3. The van der Waals surface area contributed by atoms with Gasteiger partial charge < -0.3 is 15.2 Å². The molecular formula is C18H19ClFNO3. The molecule has 4 nitrogen and oxygen atoms in total. The van der Waals surface area contributed by atoms with Gasteiger partial charge in [-0.25, -0.2) is 4.39 Å². The Bertz CT molecular complexity index is 688. The van der Waals surface area contributed by atoms with E-state index in [9.17, 15) is 14.3 Å². The number of carbonyl (C=O) groups is 1. The van der Waals surface area contributed by atoms with Crippen LogP contribution in [-0.2, 0) is 11.2 Å². The van der Waals surface area contributed by atoms with Crippen LogP contribution in [0.3, 0.4) is 0 Å². The fraction of sp³-hybridized carbons (Fsp3) is 0.278. The van der Waals surface area contributed by atoms with Crippen LogP contribution < -0.4 is 10.1 Å². The molecule has 0 aromatic heterocycles. The highest BCUT2D eigenvalue weighted by Gasteiger charge is 2.13. The Kier molecular flexibility index (Phi) is 6.58. The summed E-state index contributed by atoms with van der Waals surface area (Å²) in [6.07, 6.45) is -1.05. The van der Waals surface area contributed by atoms with Crippen molar-refractivity contribution in [3.8, 4) is 5.75 Å². The number of nitrogens with one attached hydrogen (secondary N) is 1. The van der Waals surface area contributed by atoms with Gasteiger partial charge in [0.05, 0.1) is 6.42 Å². The summed E-state index contributed by atoms with van der Waals surface area (Å²) in [4.78, 5) is 11.9. The van der Waals surface area contributed by atoms with E-state index in [0.717, 1.165) is 5.56 Å². The maximum absolute atomic E-state index is 13.6. The third-order valence-electron chi connectivity index (χ3n) is 3.37. The fourth-order valence-electron chi connectivity index (χ4n) is 2.11. The van der Waals surface area contributed by atoms with Gasteiger partial charge in [0.25, 0.3) is 0 Å². The minimum Gasteiger partial charge on any atom is -0.491 e. The number of rotatable bonds is 7. The second kappa shape index (κ2) is 8.66. The van der Waals surface area contributed by atoms with Gasteiger partial charge in [0.15, 0.2) is 0 Å². The predicted octanol–water partition coefficient (Wildman–Crippen LogP) is 2.89. The van der Waals surface area contributed by atoms with Crippen molar-refractivity contribution in [1.82, 2.24) is 5.32 Å². The molecule has 0 bridgehead atoms. The molecule has 0 aliphatic carbocycles. The van der Waals surface area contributed by atoms with Crippen molar-refractivity contribution < 1.29 is 19.0 Å². The van der Waals surface area contributed by atoms with Crippen molar-refractivity contribution in [3.63, 3.8) is 0 Å². The van der Waals surface area contributed by atoms with Gasteiger partial charge in [-0.05, 0) is 36.8 Å². The van der Waals surface area contributed by atoms with Crippen LogP contribution in [0, 0.1) is 12.7 Å². The van der Waals surface area contributed by atoms with Crippen LogP contribution in [0.4, 0.5) is 4.39 Å². The standard InChI is InChI=1S/C18H19ClFNO3/c1-12-4-2-5-14(8-12)24-11-13(22)10-21-18(23)9-15-16(19)6-3-7-17(15)20/h2-8,13,22H,9-11H2,1H3,(H,21,23). The van der Waals surface area contributed by atoms with Crippen LogP contribution in [-0.4, -0.2) is 30.3 Å². The van der Waals surface area contributed by atoms with Crippen molar-refractivity contribution in [2.45, 2.75) is 19.4 Å². The van der Waals surface area contributed by atoms with Crippen molar-refractivity contribution in [3.05, 3.63) is 64.4 Å². The SMILES string of the molecule is Cc1cccc(OCC(O)CNC(=O)Cc2c(F)cccc2Cl)c1. The zero-order valence-corrected chi connectivity index (χ0v) is 14.0. The molecule has 128 valence electrons. The number of benzene rings is 2. The highest BCUT2D eigenvalue weighted by molar-refractivity contribution is 6.31. The zero-order chi connectivity index (χ0) is 17.5. The van der Waals surface area contributed by atoms with Crippen molar-refractivity contribution in [1.29, 1.82) is 0 Å². The predicted molar refractivity (Wildman–Crippen MR) is 90.8 cm³/mol. The lowest BCUT2D eigenvalue weighted by atomic mass is 10.1. The van der Waals surface area contributed by atoms with Gasteiger partial charge in [0.1, 0.15) is 24.3 Å². The summed E-state index contributed by atoms with van der Waals surface area (Å²) in [6.45, 7) is 2.00. The average Bonchev–Trinajstić information content (AvgIpc) is 2.54. The monoisotopic (exact) mass is 351 g/mol. The van der Waals surface area contributed by atoms with E-state index in [2.05, 4.69) is 5.32 Å². The normalized spacial score (nSPS) is 11.8. The Labute approximate surface area is 145 Å². The molecule has 2 rings (SSSR count). The summed E-state index contributed by atoms with van der Waals surface area (Å²) in [5.74, 6) is -0.295. The van der Waals surface area contributed by atoms with E-state index in [1.165, 1.54) is 18.2 Å². The number of aliphatic hydroxyl groups is 1. The topological polar surface area (TPSA) is 58.6 Å². The number of amides is 1. The number of hydrogen-bond donors (Lipinski definition) is 2. The molecule has 2 aromatic carbocycles. The quantitative estimate of drug-likeness (QED) is 0.806. The molecule has 1 atom stereocenters. The van der Waals surface area contributed by atoms with Gasteiger partial charge in [-0.3, -0.25) is 4.79 Å². The summed E-state index contributed by atoms with van der Waals surface area (Å²) in [6, 6.07) is 11.7. The molecule has 2 aromatic rings. The van der Waals surface area contributed by atoms with E-state index in [1.54, 1.807) is 6.07 Å². The van der Waals surface area contributed by atoms with Crippen molar-refractivity contribution in [2.24, 2.45) is 0 Å². The van der Waals surface area contributed by atoms with Gasteiger partial charge in [-0.15, -0.1) is 0 Å². The van der Waals surface area contributed by atoms with Gasteiger partial charge >= 0.3 is 0 Å². The molecule has 24 heavy (non-hydrogen) atoms. The third kappa shape index (κ3) is 5.51. The summed E-state index contributed by atoms with van der Waals surface area (Å²) >= 11 is 5.88. The maximum Gasteiger partial charge on any atom is 0.224 e. The van der Waals surface area contributed by atoms with Gasteiger partial charge in [0, 0.05) is 17.1 Å². The van der Waals surface area contributed by atoms with Crippen molar-refractivity contribution in [2.75, 3.05) is 13.2 Å². The number of aryl methyl sites for hydroxylation is 1. The number of halogens is 2. The molecule has 6 heteroatoms. The van der Waals surface area contributed by atoms with E-state index in [4.69, 9.17) is 16.3 Å². The van der Waals surface area contributed by atoms with Crippen LogP contribution >= 0.6 is 11.6 Å². The Morgan fingerprint density at radius 2 is 2.08 bits per heavy atom.